The molecule has 2 fully saturated rings. The van der Waals surface area contributed by atoms with Gasteiger partial charge in [-0.3, -0.25) is 28.8 Å². The number of amides is 6. The van der Waals surface area contributed by atoms with Gasteiger partial charge in [-0.2, -0.15) is 0 Å². The standard InChI is InChI=1S/C22H36N6O7/c1-11(18(23)31)24-19(32)15-7-5-9-27(15)22(35)16-8-6-10-28(16)21(34)12(2)25-20(33)17(13(3)29)26-14(4)30/h11-13,15-17,29H,5-10H2,1-4H3,(H2,23,31)(H,24,32)(H,25,33)(H,26,30). The molecule has 13 nitrogen and oxygen atoms in total. The van der Waals surface area contributed by atoms with E-state index in [4.69, 9.17) is 5.73 Å². The highest BCUT2D eigenvalue weighted by molar-refractivity contribution is 5.96. The topological polar surface area (TPSA) is 191 Å². The Kier molecular flexibility index (Phi) is 9.57. The summed E-state index contributed by atoms with van der Waals surface area (Å²) in [6.07, 6.45) is 0.841. The molecule has 0 aromatic carbocycles. The van der Waals surface area contributed by atoms with Gasteiger partial charge in [0.25, 0.3) is 0 Å². The third-order valence-corrected chi connectivity index (χ3v) is 6.30. The van der Waals surface area contributed by atoms with Gasteiger partial charge in [0, 0.05) is 20.0 Å². The van der Waals surface area contributed by atoms with Crippen LogP contribution in [0.1, 0.15) is 53.4 Å². The first-order chi connectivity index (χ1) is 16.3. The van der Waals surface area contributed by atoms with Gasteiger partial charge in [-0.05, 0) is 46.5 Å². The lowest BCUT2D eigenvalue weighted by Gasteiger charge is -2.32. The number of aliphatic hydroxyl groups is 1. The normalized spacial score (nSPS) is 23.1. The number of hydrogen-bond donors (Lipinski definition) is 5. The summed E-state index contributed by atoms with van der Waals surface area (Å²) in [5.41, 5.74) is 5.21. The fraction of sp³-hybridized carbons (Fsp3) is 0.727. The molecule has 196 valence electrons. The Morgan fingerprint density at radius 3 is 1.97 bits per heavy atom. The van der Waals surface area contributed by atoms with Crippen LogP contribution >= 0.6 is 0 Å². The highest BCUT2D eigenvalue weighted by atomic mass is 16.3. The van der Waals surface area contributed by atoms with Crippen molar-refractivity contribution in [1.29, 1.82) is 0 Å². The largest absolute Gasteiger partial charge is 0.391 e. The Hall–Kier alpha value is -3.22. The lowest BCUT2D eigenvalue weighted by molar-refractivity contribution is -0.148. The van der Waals surface area contributed by atoms with Crippen LogP contribution in [0, 0.1) is 0 Å². The molecule has 2 heterocycles. The Bertz CT molecular complexity index is 863. The van der Waals surface area contributed by atoms with Gasteiger partial charge in [-0.25, -0.2) is 0 Å². The van der Waals surface area contributed by atoms with E-state index in [1.807, 2.05) is 0 Å². The van der Waals surface area contributed by atoms with E-state index >= 15 is 0 Å². The molecule has 0 aromatic rings. The third-order valence-electron chi connectivity index (χ3n) is 6.30. The van der Waals surface area contributed by atoms with Crippen LogP contribution in [0.3, 0.4) is 0 Å². The number of rotatable bonds is 9. The Morgan fingerprint density at radius 1 is 0.857 bits per heavy atom. The van der Waals surface area contributed by atoms with E-state index in [1.54, 1.807) is 0 Å². The van der Waals surface area contributed by atoms with Crippen LogP contribution in [0.15, 0.2) is 0 Å². The zero-order chi connectivity index (χ0) is 26.4. The van der Waals surface area contributed by atoms with Gasteiger partial charge >= 0.3 is 0 Å². The van der Waals surface area contributed by atoms with E-state index in [0.717, 1.165) is 0 Å². The van der Waals surface area contributed by atoms with Gasteiger partial charge in [0.2, 0.25) is 35.4 Å². The predicted octanol–water partition coefficient (Wildman–Crippen LogP) is -2.65. The van der Waals surface area contributed by atoms with Crippen molar-refractivity contribution in [3.8, 4) is 0 Å². The summed E-state index contributed by atoms with van der Waals surface area (Å²) in [7, 11) is 0. The molecule has 2 rings (SSSR count). The molecule has 2 aliphatic rings. The molecule has 6 amide bonds. The lowest BCUT2D eigenvalue weighted by Crippen LogP contribution is -2.58. The van der Waals surface area contributed by atoms with E-state index in [0.29, 0.717) is 38.8 Å². The maximum atomic E-state index is 13.4. The molecule has 6 unspecified atom stereocenters. The van der Waals surface area contributed by atoms with Crippen LogP contribution in [-0.4, -0.2) is 99.8 Å². The van der Waals surface area contributed by atoms with Crippen molar-refractivity contribution in [2.24, 2.45) is 5.73 Å². The first-order valence-corrected chi connectivity index (χ1v) is 11.8. The van der Waals surface area contributed by atoms with Gasteiger partial charge in [-0.15, -0.1) is 0 Å². The van der Waals surface area contributed by atoms with Crippen molar-refractivity contribution >= 4 is 35.4 Å². The van der Waals surface area contributed by atoms with Crippen molar-refractivity contribution < 1.29 is 33.9 Å². The second kappa shape index (κ2) is 12.0. The summed E-state index contributed by atoms with van der Waals surface area (Å²) in [5, 5.41) is 17.2. The van der Waals surface area contributed by atoms with Gasteiger partial charge in [-0.1, -0.05) is 0 Å². The molecule has 6 N–H and O–H groups in total. The number of nitrogens with two attached hydrogens (primary N) is 1. The van der Waals surface area contributed by atoms with Crippen molar-refractivity contribution in [2.45, 2.75) is 89.7 Å². The number of hydrogen-bond acceptors (Lipinski definition) is 7. The summed E-state index contributed by atoms with van der Waals surface area (Å²) in [5.74, 6) is -3.24. The van der Waals surface area contributed by atoms with Crippen LogP contribution in [0.2, 0.25) is 0 Å². The summed E-state index contributed by atoms with van der Waals surface area (Å²) >= 11 is 0. The van der Waals surface area contributed by atoms with Gasteiger partial charge < -0.3 is 36.6 Å². The Morgan fingerprint density at radius 2 is 1.43 bits per heavy atom. The first kappa shape index (κ1) is 28.0. The van der Waals surface area contributed by atoms with Crippen molar-refractivity contribution in [3.05, 3.63) is 0 Å². The predicted molar refractivity (Wildman–Crippen MR) is 123 cm³/mol. The molecular formula is C22H36N6O7. The second-order valence-corrected chi connectivity index (χ2v) is 9.16. The first-order valence-electron chi connectivity index (χ1n) is 11.8. The van der Waals surface area contributed by atoms with E-state index in [-0.39, 0.29) is 5.91 Å². The highest BCUT2D eigenvalue weighted by Gasteiger charge is 2.43. The van der Waals surface area contributed by atoms with E-state index in [9.17, 15) is 33.9 Å². The lowest BCUT2D eigenvalue weighted by atomic mass is 10.1. The summed E-state index contributed by atoms with van der Waals surface area (Å²) < 4.78 is 0. The fourth-order valence-electron chi connectivity index (χ4n) is 4.40. The molecule has 0 saturated carbocycles. The minimum Gasteiger partial charge on any atom is -0.391 e. The molecule has 0 bridgehead atoms. The third kappa shape index (κ3) is 6.90. The van der Waals surface area contributed by atoms with E-state index in [2.05, 4.69) is 16.0 Å². The molecule has 13 heteroatoms. The zero-order valence-electron chi connectivity index (χ0n) is 20.6. The minimum atomic E-state index is -1.23. The number of nitrogens with one attached hydrogen (secondary N) is 3. The summed E-state index contributed by atoms with van der Waals surface area (Å²) in [6, 6.07) is -4.67. The number of carbonyl (C=O) groups excluding carboxylic acids is 6. The van der Waals surface area contributed by atoms with Gasteiger partial charge in [0.1, 0.15) is 30.2 Å². The average molecular weight is 497 g/mol. The Labute approximate surface area is 204 Å². The second-order valence-electron chi connectivity index (χ2n) is 9.16. The van der Waals surface area contributed by atoms with Crippen LogP contribution in [0.5, 0.6) is 0 Å². The smallest absolute Gasteiger partial charge is 0.246 e. The molecular weight excluding hydrogens is 460 g/mol. The number of carbonyl (C=O) groups is 6. The summed E-state index contributed by atoms with van der Waals surface area (Å²) in [4.78, 5) is 77.1. The van der Waals surface area contributed by atoms with Crippen LogP contribution < -0.4 is 21.7 Å². The molecule has 2 aliphatic heterocycles. The minimum absolute atomic E-state index is 0.310. The number of primary amides is 1. The molecule has 0 radical (unpaired) electrons. The molecule has 0 aromatic heterocycles. The van der Waals surface area contributed by atoms with Crippen LogP contribution in [-0.2, 0) is 28.8 Å². The molecule has 2 saturated heterocycles. The van der Waals surface area contributed by atoms with Gasteiger partial charge in [0.15, 0.2) is 0 Å². The SMILES string of the molecule is CC(=O)NC(C(=O)NC(C)C(=O)N1CCCC1C(=O)N1CCCC1C(=O)NC(C)C(N)=O)C(C)O. The number of nitrogens with zero attached hydrogens (tertiary/aromatic N) is 2. The average Bonchev–Trinajstić information content (AvgIpc) is 3.45. The molecule has 35 heavy (non-hydrogen) atoms. The van der Waals surface area contributed by atoms with E-state index < -0.39 is 65.8 Å². The monoisotopic (exact) mass is 496 g/mol. The molecule has 0 aliphatic carbocycles. The van der Waals surface area contributed by atoms with Crippen LogP contribution in [0.4, 0.5) is 0 Å². The fourth-order valence-corrected chi connectivity index (χ4v) is 4.40. The van der Waals surface area contributed by atoms with Crippen molar-refractivity contribution in [3.63, 3.8) is 0 Å². The van der Waals surface area contributed by atoms with Gasteiger partial charge in [0.05, 0.1) is 6.10 Å². The number of aliphatic hydroxyl groups excluding tert-OH is 1. The zero-order valence-corrected chi connectivity index (χ0v) is 20.6. The molecule has 0 spiro atoms. The highest BCUT2D eigenvalue weighted by Crippen LogP contribution is 2.25. The quantitative estimate of drug-likeness (QED) is 0.230. The summed E-state index contributed by atoms with van der Waals surface area (Å²) in [6.45, 7) is 6.13. The maximum absolute atomic E-state index is 13.4. The van der Waals surface area contributed by atoms with E-state index in [1.165, 1.54) is 37.5 Å². The van der Waals surface area contributed by atoms with Crippen molar-refractivity contribution in [1.82, 2.24) is 25.8 Å². The van der Waals surface area contributed by atoms with Crippen LogP contribution in [0.25, 0.3) is 0 Å². The van der Waals surface area contributed by atoms with Crippen molar-refractivity contribution in [2.75, 3.05) is 13.1 Å². The number of likely N-dealkylation sites (tertiary alicyclic amines) is 2. The molecule has 6 atom stereocenters. The maximum Gasteiger partial charge on any atom is 0.246 e. The Balaban J connectivity index is 2.07.